The molecule has 0 bridgehead atoms. The van der Waals surface area contributed by atoms with E-state index in [0.29, 0.717) is 6.42 Å². The molecule has 1 rings (SSSR count). The quantitative estimate of drug-likeness (QED) is 0.804. The van der Waals surface area contributed by atoms with Crippen LogP contribution in [0.2, 0.25) is 0 Å². The molecule has 1 unspecified atom stereocenters. The van der Waals surface area contributed by atoms with Crippen LogP contribution in [0.25, 0.3) is 0 Å². The molecule has 0 heterocycles. The van der Waals surface area contributed by atoms with Gasteiger partial charge in [0.25, 0.3) is 0 Å². The van der Waals surface area contributed by atoms with Gasteiger partial charge in [-0.05, 0) is 24.6 Å². The van der Waals surface area contributed by atoms with Crippen molar-refractivity contribution in [1.82, 2.24) is 5.32 Å². The number of aromatic hydroxyl groups is 1. The predicted molar refractivity (Wildman–Crippen MR) is 59.6 cm³/mol. The van der Waals surface area contributed by atoms with Crippen molar-refractivity contribution in [3.63, 3.8) is 0 Å². The molecule has 0 spiro atoms. The SMILES string of the molecule is CC(=O)NC(C)(C#N)Cc1ccc(O)cc1. The Morgan fingerprint density at radius 3 is 2.50 bits per heavy atom. The van der Waals surface area contributed by atoms with Crippen molar-refractivity contribution in [3.05, 3.63) is 29.8 Å². The second-order valence-corrected chi connectivity index (χ2v) is 3.97. The van der Waals surface area contributed by atoms with Gasteiger partial charge < -0.3 is 10.4 Å². The molecule has 16 heavy (non-hydrogen) atoms. The molecule has 0 saturated carbocycles. The van der Waals surface area contributed by atoms with Crippen molar-refractivity contribution in [1.29, 1.82) is 5.26 Å². The van der Waals surface area contributed by atoms with Crippen LogP contribution < -0.4 is 5.32 Å². The van der Waals surface area contributed by atoms with E-state index in [0.717, 1.165) is 5.56 Å². The van der Waals surface area contributed by atoms with Crippen LogP contribution in [0.5, 0.6) is 5.75 Å². The van der Waals surface area contributed by atoms with Gasteiger partial charge in [-0.1, -0.05) is 12.1 Å². The molecule has 84 valence electrons. The van der Waals surface area contributed by atoms with E-state index in [1.54, 1.807) is 31.2 Å². The lowest BCUT2D eigenvalue weighted by molar-refractivity contribution is -0.120. The van der Waals surface area contributed by atoms with E-state index < -0.39 is 5.54 Å². The summed E-state index contributed by atoms with van der Waals surface area (Å²) in [6.45, 7) is 3.05. The molecule has 4 nitrogen and oxygen atoms in total. The van der Waals surface area contributed by atoms with Crippen LogP contribution in [0.15, 0.2) is 24.3 Å². The maximum absolute atomic E-state index is 11.0. The number of nitrogens with one attached hydrogen (secondary N) is 1. The maximum Gasteiger partial charge on any atom is 0.218 e. The Kier molecular flexibility index (Phi) is 3.51. The van der Waals surface area contributed by atoms with E-state index in [4.69, 9.17) is 10.4 Å². The van der Waals surface area contributed by atoms with Crippen LogP contribution in [0, 0.1) is 11.3 Å². The molecule has 1 aromatic carbocycles. The van der Waals surface area contributed by atoms with Gasteiger partial charge >= 0.3 is 0 Å². The molecule has 2 N–H and O–H groups in total. The topological polar surface area (TPSA) is 73.1 Å². The molecule has 0 aromatic heterocycles. The highest BCUT2D eigenvalue weighted by Crippen LogP contribution is 2.15. The molecule has 0 radical (unpaired) electrons. The van der Waals surface area contributed by atoms with Crippen LogP contribution >= 0.6 is 0 Å². The van der Waals surface area contributed by atoms with Gasteiger partial charge in [-0.15, -0.1) is 0 Å². The fraction of sp³-hybridized carbons (Fsp3) is 0.333. The summed E-state index contributed by atoms with van der Waals surface area (Å²) in [5.41, 5.74) is -0.0291. The molecule has 0 saturated heterocycles. The molecule has 0 fully saturated rings. The summed E-state index contributed by atoms with van der Waals surface area (Å²) in [5.74, 6) is -0.0511. The van der Waals surface area contributed by atoms with E-state index in [-0.39, 0.29) is 11.7 Å². The van der Waals surface area contributed by atoms with E-state index in [2.05, 4.69) is 11.4 Å². The summed E-state index contributed by atoms with van der Waals surface area (Å²) in [7, 11) is 0. The zero-order chi connectivity index (χ0) is 12.2. The lowest BCUT2D eigenvalue weighted by Gasteiger charge is -2.22. The van der Waals surface area contributed by atoms with E-state index in [1.165, 1.54) is 6.92 Å². The Hall–Kier alpha value is -2.02. The van der Waals surface area contributed by atoms with Gasteiger partial charge in [-0.3, -0.25) is 4.79 Å². The second kappa shape index (κ2) is 4.67. The molecule has 0 aliphatic heterocycles. The normalized spacial score (nSPS) is 13.6. The molecule has 1 atom stereocenters. The number of phenols is 1. The summed E-state index contributed by atoms with van der Waals surface area (Å²) in [5, 5.41) is 20.8. The Morgan fingerprint density at radius 2 is 2.06 bits per heavy atom. The predicted octanol–water partition coefficient (Wildman–Crippen LogP) is 1.35. The van der Waals surface area contributed by atoms with E-state index in [9.17, 15) is 4.79 Å². The first-order valence-corrected chi connectivity index (χ1v) is 4.93. The maximum atomic E-state index is 11.0. The highest BCUT2D eigenvalue weighted by atomic mass is 16.3. The Labute approximate surface area is 94.5 Å². The van der Waals surface area contributed by atoms with Gasteiger partial charge in [0, 0.05) is 13.3 Å². The zero-order valence-electron chi connectivity index (χ0n) is 9.32. The third-order valence-corrected chi connectivity index (χ3v) is 2.19. The van der Waals surface area contributed by atoms with Crippen molar-refractivity contribution in [3.8, 4) is 11.8 Å². The van der Waals surface area contributed by atoms with Gasteiger partial charge in [0.1, 0.15) is 11.3 Å². The highest BCUT2D eigenvalue weighted by molar-refractivity contribution is 5.74. The standard InChI is InChI=1S/C12H14N2O2/c1-9(15)14-12(2,8-13)7-10-3-5-11(16)6-4-10/h3-6,16H,7H2,1-2H3,(H,14,15). The van der Waals surface area contributed by atoms with Gasteiger partial charge in [-0.2, -0.15) is 5.26 Å². The summed E-state index contributed by atoms with van der Waals surface area (Å²) in [6.07, 6.45) is 0.406. The molecule has 0 aliphatic carbocycles. The first kappa shape index (κ1) is 12.1. The first-order chi connectivity index (χ1) is 7.45. The number of hydrogen-bond donors (Lipinski definition) is 2. The average Bonchev–Trinajstić information content (AvgIpc) is 2.20. The summed E-state index contributed by atoms with van der Waals surface area (Å²) >= 11 is 0. The van der Waals surface area contributed by atoms with Gasteiger partial charge in [0.2, 0.25) is 5.91 Å². The van der Waals surface area contributed by atoms with E-state index in [1.807, 2.05) is 0 Å². The van der Waals surface area contributed by atoms with Crippen LogP contribution in [0.3, 0.4) is 0 Å². The minimum atomic E-state index is -0.914. The monoisotopic (exact) mass is 218 g/mol. The summed E-state index contributed by atoms with van der Waals surface area (Å²) in [6, 6.07) is 8.65. The number of phenolic OH excluding ortho intramolecular Hbond substituents is 1. The van der Waals surface area contributed by atoms with Crippen molar-refractivity contribution >= 4 is 5.91 Å². The number of benzene rings is 1. The second-order valence-electron chi connectivity index (χ2n) is 3.97. The molecule has 4 heteroatoms. The third-order valence-electron chi connectivity index (χ3n) is 2.19. The van der Waals surface area contributed by atoms with Gasteiger partial charge in [0.15, 0.2) is 0 Å². The third kappa shape index (κ3) is 3.28. The molecule has 1 amide bonds. The summed E-state index contributed by atoms with van der Waals surface area (Å²) < 4.78 is 0. The highest BCUT2D eigenvalue weighted by Gasteiger charge is 2.24. The van der Waals surface area contributed by atoms with Crippen LogP contribution in [0.4, 0.5) is 0 Å². The largest absolute Gasteiger partial charge is 0.508 e. The smallest absolute Gasteiger partial charge is 0.218 e. The molecule has 1 aromatic rings. The Bertz CT molecular complexity index is 420. The average molecular weight is 218 g/mol. The number of nitriles is 1. The number of hydrogen-bond acceptors (Lipinski definition) is 3. The fourth-order valence-electron chi connectivity index (χ4n) is 1.52. The molecule has 0 aliphatic rings. The van der Waals surface area contributed by atoms with Crippen molar-refractivity contribution in [2.24, 2.45) is 0 Å². The number of amides is 1. The first-order valence-electron chi connectivity index (χ1n) is 4.93. The van der Waals surface area contributed by atoms with Crippen LogP contribution in [0.1, 0.15) is 19.4 Å². The summed E-state index contributed by atoms with van der Waals surface area (Å²) in [4.78, 5) is 11.0. The Balaban J connectivity index is 2.81. The lowest BCUT2D eigenvalue weighted by atomic mass is 9.94. The van der Waals surface area contributed by atoms with Gasteiger partial charge in [0.05, 0.1) is 6.07 Å². The Morgan fingerprint density at radius 1 is 1.50 bits per heavy atom. The van der Waals surface area contributed by atoms with Gasteiger partial charge in [-0.25, -0.2) is 0 Å². The minimum absolute atomic E-state index is 0.182. The van der Waals surface area contributed by atoms with Crippen molar-refractivity contribution in [2.75, 3.05) is 0 Å². The lowest BCUT2D eigenvalue weighted by Crippen LogP contribution is -2.45. The molecular weight excluding hydrogens is 204 g/mol. The van der Waals surface area contributed by atoms with Crippen molar-refractivity contribution in [2.45, 2.75) is 25.8 Å². The van der Waals surface area contributed by atoms with Crippen LogP contribution in [-0.2, 0) is 11.2 Å². The van der Waals surface area contributed by atoms with Crippen molar-refractivity contribution < 1.29 is 9.90 Å². The zero-order valence-corrected chi connectivity index (χ0v) is 9.32. The number of carbonyl (C=O) groups is 1. The number of rotatable bonds is 3. The minimum Gasteiger partial charge on any atom is -0.508 e. The fourth-order valence-corrected chi connectivity index (χ4v) is 1.52. The van der Waals surface area contributed by atoms with Crippen LogP contribution in [-0.4, -0.2) is 16.6 Å². The van der Waals surface area contributed by atoms with E-state index >= 15 is 0 Å². The number of carbonyl (C=O) groups excluding carboxylic acids is 1. The number of nitrogens with zero attached hydrogens (tertiary/aromatic N) is 1. The molecular formula is C12H14N2O2.